The van der Waals surface area contributed by atoms with E-state index in [-0.39, 0.29) is 0 Å². The van der Waals surface area contributed by atoms with E-state index >= 15 is 0 Å². The molecule has 0 aliphatic heterocycles. The van der Waals surface area contributed by atoms with Crippen molar-refractivity contribution in [3.05, 3.63) is 170 Å². The third-order valence-corrected chi connectivity index (χ3v) is 8.15. The zero-order valence-corrected chi connectivity index (χ0v) is 23.1. The van der Waals surface area contributed by atoms with Gasteiger partial charge in [-0.2, -0.15) is 0 Å². The van der Waals surface area contributed by atoms with E-state index in [0.29, 0.717) is 0 Å². The molecule has 0 unspecified atom stereocenters. The third-order valence-electron chi connectivity index (χ3n) is 8.15. The number of fused-ring (bicyclic) bond motifs is 4. The molecular formula is C40H28N2. The first-order chi connectivity index (χ1) is 20.9. The van der Waals surface area contributed by atoms with Crippen molar-refractivity contribution < 1.29 is 0 Å². The summed E-state index contributed by atoms with van der Waals surface area (Å²) in [7, 11) is 0. The predicted molar refractivity (Wildman–Crippen MR) is 178 cm³/mol. The molecule has 0 saturated heterocycles. The Balaban J connectivity index is 1.47. The monoisotopic (exact) mass is 536 g/mol. The van der Waals surface area contributed by atoms with E-state index in [9.17, 15) is 0 Å². The van der Waals surface area contributed by atoms with Crippen molar-refractivity contribution in [2.45, 2.75) is 0 Å². The Labute approximate surface area is 245 Å². The molecule has 0 atom stereocenters. The molecular weight excluding hydrogens is 508 g/mol. The SMILES string of the molecule is c1ccc(-c2ccccc2N(c2ccccc2)c2cc(-n3c4ccccc4c4ccccc43)cc3ccccc23)cc1. The average Bonchev–Trinajstić information content (AvgIpc) is 3.40. The average molecular weight is 537 g/mol. The number of para-hydroxylation sites is 4. The van der Waals surface area contributed by atoms with Crippen LogP contribution in [0.3, 0.4) is 0 Å². The van der Waals surface area contributed by atoms with Gasteiger partial charge in [0.1, 0.15) is 0 Å². The molecule has 0 radical (unpaired) electrons. The Morgan fingerprint density at radius 1 is 0.405 bits per heavy atom. The highest BCUT2D eigenvalue weighted by Gasteiger charge is 2.21. The normalized spacial score (nSPS) is 11.3. The Hall–Kier alpha value is -5.60. The molecule has 0 bridgehead atoms. The van der Waals surface area contributed by atoms with Gasteiger partial charge in [-0.25, -0.2) is 0 Å². The van der Waals surface area contributed by atoms with E-state index in [2.05, 4.69) is 179 Å². The van der Waals surface area contributed by atoms with Crippen molar-refractivity contribution in [2.24, 2.45) is 0 Å². The van der Waals surface area contributed by atoms with Crippen LogP contribution in [0, 0.1) is 0 Å². The molecule has 1 aromatic heterocycles. The van der Waals surface area contributed by atoms with E-state index in [1.54, 1.807) is 0 Å². The summed E-state index contributed by atoms with van der Waals surface area (Å²) in [5.41, 5.74) is 9.32. The maximum atomic E-state index is 2.42. The van der Waals surface area contributed by atoms with Crippen LogP contribution in [-0.2, 0) is 0 Å². The van der Waals surface area contributed by atoms with Crippen molar-refractivity contribution >= 4 is 49.6 Å². The van der Waals surface area contributed by atoms with Crippen molar-refractivity contribution in [3.8, 4) is 16.8 Å². The molecule has 198 valence electrons. The fraction of sp³-hybridized carbons (Fsp3) is 0. The zero-order chi connectivity index (χ0) is 27.9. The van der Waals surface area contributed by atoms with E-state index in [1.807, 2.05) is 0 Å². The maximum absolute atomic E-state index is 2.42. The van der Waals surface area contributed by atoms with Gasteiger partial charge in [-0.3, -0.25) is 0 Å². The number of aromatic nitrogens is 1. The number of benzene rings is 7. The lowest BCUT2D eigenvalue weighted by Crippen LogP contribution is -2.12. The van der Waals surface area contributed by atoms with Gasteiger partial charge in [0.15, 0.2) is 0 Å². The number of hydrogen-bond donors (Lipinski definition) is 0. The summed E-state index contributed by atoms with van der Waals surface area (Å²) in [5, 5.41) is 4.92. The summed E-state index contributed by atoms with van der Waals surface area (Å²) in [4.78, 5) is 2.42. The first-order valence-electron chi connectivity index (χ1n) is 14.4. The summed E-state index contributed by atoms with van der Waals surface area (Å²) in [6.45, 7) is 0. The Morgan fingerprint density at radius 3 is 1.67 bits per heavy atom. The van der Waals surface area contributed by atoms with Gasteiger partial charge in [-0.15, -0.1) is 0 Å². The first-order valence-corrected chi connectivity index (χ1v) is 14.4. The van der Waals surface area contributed by atoms with Crippen LogP contribution in [0.4, 0.5) is 17.1 Å². The second-order valence-corrected chi connectivity index (χ2v) is 10.6. The quantitative estimate of drug-likeness (QED) is 0.212. The molecule has 42 heavy (non-hydrogen) atoms. The van der Waals surface area contributed by atoms with Crippen molar-refractivity contribution in [1.82, 2.24) is 4.57 Å². The molecule has 2 nitrogen and oxygen atoms in total. The minimum atomic E-state index is 1.12. The Kier molecular flexibility index (Phi) is 5.82. The van der Waals surface area contributed by atoms with Crippen LogP contribution in [0.15, 0.2) is 170 Å². The number of nitrogens with zero attached hydrogens (tertiary/aromatic N) is 2. The molecule has 0 amide bonds. The third kappa shape index (κ3) is 3.96. The lowest BCUT2D eigenvalue weighted by molar-refractivity contribution is 1.18. The van der Waals surface area contributed by atoms with E-state index in [0.717, 1.165) is 22.7 Å². The largest absolute Gasteiger partial charge is 0.309 e. The van der Waals surface area contributed by atoms with Gasteiger partial charge in [-0.1, -0.05) is 127 Å². The molecule has 0 aliphatic rings. The molecule has 0 N–H and O–H groups in total. The van der Waals surface area contributed by atoms with Crippen molar-refractivity contribution in [3.63, 3.8) is 0 Å². The summed E-state index contributed by atoms with van der Waals surface area (Å²) in [6, 6.07) is 60.9. The molecule has 0 saturated carbocycles. The molecule has 1 heterocycles. The second-order valence-electron chi connectivity index (χ2n) is 10.6. The molecule has 8 rings (SSSR count). The number of anilines is 3. The van der Waals surface area contributed by atoms with Gasteiger partial charge in [0.2, 0.25) is 0 Å². The Morgan fingerprint density at radius 2 is 0.952 bits per heavy atom. The lowest BCUT2D eigenvalue weighted by Gasteiger charge is -2.29. The van der Waals surface area contributed by atoms with Gasteiger partial charge in [0.25, 0.3) is 0 Å². The Bertz CT molecular complexity index is 2140. The summed E-state index contributed by atoms with van der Waals surface area (Å²) < 4.78 is 2.41. The fourth-order valence-electron chi connectivity index (χ4n) is 6.31. The maximum Gasteiger partial charge on any atom is 0.0561 e. The number of rotatable bonds is 5. The molecule has 0 spiro atoms. The van der Waals surface area contributed by atoms with E-state index in [4.69, 9.17) is 0 Å². The molecule has 7 aromatic carbocycles. The molecule has 0 fully saturated rings. The molecule has 0 aliphatic carbocycles. The van der Waals surface area contributed by atoms with Crippen LogP contribution in [0.1, 0.15) is 0 Å². The topological polar surface area (TPSA) is 8.17 Å². The van der Waals surface area contributed by atoms with E-state index < -0.39 is 0 Å². The minimum Gasteiger partial charge on any atom is -0.309 e. The zero-order valence-electron chi connectivity index (χ0n) is 23.1. The van der Waals surface area contributed by atoms with Gasteiger partial charge in [-0.05, 0) is 53.4 Å². The van der Waals surface area contributed by atoms with Crippen LogP contribution in [0.25, 0.3) is 49.4 Å². The smallest absolute Gasteiger partial charge is 0.0561 e. The first kappa shape index (κ1) is 24.2. The van der Waals surface area contributed by atoms with Gasteiger partial charge < -0.3 is 9.47 Å². The van der Waals surface area contributed by atoms with Crippen molar-refractivity contribution in [2.75, 3.05) is 4.90 Å². The fourth-order valence-corrected chi connectivity index (χ4v) is 6.31. The van der Waals surface area contributed by atoms with Gasteiger partial charge in [0, 0.05) is 33.1 Å². The summed E-state index contributed by atoms with van der Waals surface area (Å²) >= 11 is 0. The van der Waals surface area contributed by atoms with Gasteiger partial charge >= 0.3 is 0 Å². The standard InChI is InChI=1S/C40H28N2/c1-3-15-29(16-4-1)33-20-9-12-24-37(33)41(31-18-5-2-6-19-31)40-28-32(27-30-17-7-8-21-34(30)40)42-38-25-13-10-22-35(38)36-23-11-14-26-39(36)42/h1-28H. The van der Waals surface area contributed by atoms with Crippen LogP contribution >= 0.6 is 0 Å². The van der Waals surface area contributed by atoms with E-state index in [1.165, 1.54) is 43.7 Å². The summed E-state index contributed by atoms with van der Waals surface area (Å²) in [5.74, 6) is 0. The predicted octanol–water partition coefficient (Wildman–Crippen LogP) is 11.1. The highest BCUT2D eigenvalue weighted by atomic mass is 15.1. The summed E-state index contributed by atoms with van der Waals surface area (Å²) in [6.07, 6.45) is 0. The highest BCUT2D eigenvalue weighted by molar-refractivity contribution is 6.10. The second kappa shape index (κ2) is 10.1. The van der Waals surface area contributed by atoms with Gasteiger partial charge in [0.05, 0.1) is 22.4 Å². The van der Waals surface area contributed by atoms with Crippen LogP contribution in [0.5, 0.6) is 0 Å². The number of hydrogen-bond acceptors (Lipinski definition) is 1. The van der Waals surface area contributed by atoms with Crippen molar-refractivity contribution in [1.29, 1.82) is 0 Å². The van der Waals surface area contributed by atoms with Crippen LogP contribution < -0.4 is 4.90 Å². The minimum absolute atomic E-state index is 1.12. The van der Waals surface area contributed by atoms with Crippen LogP contribution in [-0.4, -0.2) is 4.57 Å². The van der Waals surface area contributed by atoms with Crippen LogP contribution in [0.2, 0.25) is 0 Å². The molecule has 8 aromatic rings. The highest BCUT2D eigenvalue weighted by Crippen LogP contribution is 2.45. The molecule has 2 heteroatoms. The lowest BCUT2D eigenvalue weighted by atomic mass is 10.00.